The first-order chi connectivity index (χ1) is 12.9. The van der Waals surface area contributed by atoms with Gasteiger partial charge in [-0.15, -0.1) is 23.1 Å². The van der Waals surface area contributed by atoms with Crippen LogP contribution in [-0.4, -0.2) is 22.7 Å². The molecule has 2 aromatic rings. The van der Waals surface area contributed by atoms with Gasteiger partial charge in [-0.25, -0.2) is 9.78 Å². The maximum atomic E-state index is 10.6. The molecular weight excluding hydrogens is 378 g/mol. The molecule has 1 unspecified atom stereocenters. The molecule has 142 valence electrons. The Morgan fingerprint density at radius 1 is 1.41 bits per heavy atom. The van der Waals surface area contributed by atoms with E-state index in [4.69, 9.17) is 14.8 Å². The van der Waals surface area contributed by atoms with Crippen molar-refractivity contribution in [2.24, 2.45) is 5.92 Å². The Kier molecular flexibility index (Phi) is 6.39. The average molecular weight is 402 g/mol. The van der Waals surface area contributed by atoms with Gasteiger partial charge in [-0.05, 0) is 49.9 Å². The van der Waals surface area contributed by atoms with E-state index in [1.165, 1.54) is 10.5 Å². The molecule has 27 heavy (non-hydrogen) atoms. The predicted molar refractivity (Wildman–Crippen MR) is 112 cm³/mol. The third-order valence-electron chi connectivity index (χ3n) is 4.32. The molecule has 3 rings (SSSR count). The number of aryl methyl sites for hydroxylation is 2. The summed E-state index contributed by atoms with van der Waals surface area (Å²) in [6, 6.07) is 5.84. The van der Waals surface area contributed by atoms with E-state index in [9.17, 15) is 4.79 Å². The molecule has 4 nitrogen and oxygen atoms in total. The van der Waals surface area contributed by atoms with Gasteiger partial charge in [0.15, 0.2) is 6.61 Å². The van der Waals surface area contributed by atoms with Crippen LogP contribution < -0.4 is 4.74 Å². The Balaban J connectivity index is 1.64. The summed E-state index contributed by atoms with van der Waals surface area (Å²) >= 11 is 3.52. The molecule has 0 saturated carbocycles. The van der Waals surface area contributed by atoms with Crippen LogP contribution in [0.25, 0.3) is 5.57 Å². The Hall–Kier alpha value is -2.05. The molecule has 1 aromatic carbocycles. The third kappa shape index (κ3) is 5.23. The van der Waals surface area contributed by atoms with E-state index in [1.807, 2.05) is 25.1 Å². The second kappa shape index (κ2) is 8.76. The van der Waals surface area contributed by atoms with E-state index >= 15 is 0 Å². The summed E-state index contributed by atoms with van der Waals surface area (Å²) in [6.45, 7) is 5.90. The van der Waals surface area contributed by atoms with Gasteiger partial charge >= 0.3 is 5.97 Å². The van der Waals surface area contributed by atoms with Gasteiger partial charge in [-0.2, -0.15) is 0 Å². The molecule has 1 heterocycles. The van der Waals surface area contributed by atoms with Crippen molar-refractivity contribution in [3.63, 3.8) is 0 Å². The number of aliphatic carboxylic acids is 1. The van der Waals surface area contributed by atoms with Crippen LogP contribution in [0.4, 0.5) is 0 Å². The number of hydrogen-bond donors (Lipinski definition) is 1. The minimum atomic E-state index is -0.971. The summed E-state index contributed by atoms with van der Waals surface area (Å²) in [5.41, 5.74) is 3.26. The third-order valence-corrected chi connectivity index (χ3v) is 6.73. The van der Waals surface area contributed by atoms with E-state index < -0.39 is 5.97 Å². The molecule has 0 fully saturated rings. The molecule has 0 saturated heterocycles. The molecule has 1 aliphatic carbocycles. The molecule has 0 aliphatic heterocycles. The predicted octanol–water partition coefficient (Wildman–Crippen LogP) is 5.50. The normalized spacial score (nSPS) is 16.3. The van der Waals surface area contributed by atoms with Crippen molar-refractivity contribution >= 4 is 34.6 Å². The van der Waals surface area contributed by atoms with Gasteiger partial charge in [-0.1, -0.05) is 25.2 Å². The summed E-state index contributed by atoms with van der Waals surface area (Å²) in [5, 5.41) is 9.82. The fourth-order valence-corrected chi connectivity index (χ4v) is 4.96. The molecule has 1 atom stereocenters. The topological polar surface area (TPSA) is 59.4 Å². The molecule has 0 spiro atoms. The van der Waals surface area contributed by atoms with E-state index in [0.29, 0.717) is 11.7 Å². The Bertz CT molecular complexity index is 899. The van der Waals surface area contributed by atoms with E-state index in [2.05, 4.69) is 32.1 Å². The Morgan fingerprint density at radius 2 is 2.22 bits per heavy atom. The van der Waals surface area contributed by atoms with Crippen LogP contribution in [0.3, 0.4) is 0 Å². The van der Waals surface area contributed by atoms with Crippen LogP contribution in [0.2, 0.25) is 0 Å². The number of carboxylic acid groups (broad SMARTS) is 1. The Labute approximate surface area is 168 Å². The molecule has 1 N–H and O–H groups in total. The van der Waals surface area contributed by atoms with E-state index in [0.717, 1.165) is 33.3 Å². The van der Waals surface area contributed by atoms with Crippen molar-refractivity contribution in [2.75, 3.05) is 6.61 Å². The van der Waals surface area contributed by atoms with Gasteiger partial charge < -0.3 is 9.84 Å². The van der Waals surface area contributed by atoms with Crippen molar-refractivity contribution in [3.8, 4) is 5.75 Å². The number of thiazole rings is 1. The lowest BCUT2D eigenvalue weighted by Gasteiger charge is -2.09. The lowest BCUT2D eigenvalue weighted by Crippen LogP contribution is -2.09. The molecule has 6 heteroatoms. The number of carbonyl (C=O) groups is 1. The van der Waals surface area contributed by atoms with Crippen LogP contribution in [0.15, 0.2) is 41.3 Å². The molecular formula is C21H23NO3S2. The van der Waals surface area contributed by atoms with Crippen molar-refractivity contribution in [1.29, 1.82) is 0 Å². The van der Waals surface area contributed by atoms with Crippen LogP contribution in [0.5, 0.6) is 5.75 Å². The fourth-order valence-electron chi connectivity index (χ4n) is 2.73. The summed E-state index contributed by atoms with van der Waals surface area (Å²) < 4.78 is 5.28. The fraction of sp³-hybridized carbons (Fsp3) is 0.333. The van der Waals surface area contributed by atoms with Crippen molar-refractivity contribution in [2.45, 2.75) is 37.8 Å². The second-order valence-corrected chi connectivity index (χ2v) is 8.79. The maximum absolute atomic E-state index is 10.6. The molecule has 0 radical (unpaired) electrons. The highest BCUT2D eigenvalue weighted by Gasteiger charge is 2.13. The number of hydrogen-bond acceptors (Lipinski definition) is 5. The summed E-state index contributed by atoms with van der Waals surface area (Å²) in [7, 11) is 0. The molecule has 1 aromatic heterocycles. The standard InChI is InChI=1S/C21H23NO3S2/c1-13-4-6-16(7-5-13)21-22-15(3)19(27-21)12-26-17-8-9-18(14(2)10-17)25-11-20(23)24/h4,6-10,13H,5,11-12H2,1-3H3,(H,23,24). The van der Waals surface area contributed by atoms with Crippen LogP contribution in [-0.2, 0) is 10.5 Å². The number of nitrogens with zero attached hydrogens (tertiary/aromatic N) is 1. The lowest BCUT2D eigenvalue weighted by atomic mass is 9.99. The van der Waals surface area contributed by atoms with Crippen LogP contribution >= 0.6 is 23.1 Å². The quantitative estimate of drug-likeness (QED) is 0.621. The van der Waals surface area contributed by atoms with Gasteiger partial charge in [0.1, 0.15) is 10.8 Å². The lowest BCUT2D eigenvalue weighted by molar-refractivity contribution is -0.139. The highest BCUT2D eigenvalue weighted by molar-refractivity contribution is 7.98. The highest BCUT2D eigenvalue weighted by atomic mass is 32.2. The average Bonchev–Trinajstić information content (AvgIpc) is 3.00. The number of thioether (sulfide) groups is 1. The first-order valence-corrected chi connectivity index (χ1v) is 10.7. The van der Waals surface area contributed by atoms with Gasteiger partial charge in [0.25, 0.3) is 0 Å². The zero-order chi connectivity index (χ0) is 19.4. The summed E-state index contributed by atoms with van der Waals surface area (Å²) in [5.74, 6) is 1.12. The number of carboxylic acids is 1. The maximum Gasteiger partial charge on any atom is 0.341 e. The van der Waals surface area contributed by atoms with Crippen LogP contribution in [0.1, 0.15) is 34.5 Å². The first kappa shape index (κ1) is 19.7. The summed E-state index contributed by atoms with van der Waals surface area (Å²) in [6.07, 6.45) is 7.78. The molecule has 1 aliphatic rings. The number of allylic oxidation sites excluding steroid dienone is 4. The number of aromatic nitrogens is 1. The largest absolute Gasteiger partial charge is 0.482 e. The second-order valence-electron chi connectivity index (χ2n) is 6.66. The minimum absolute atomic E-state index is 0.320. The minimum Gasteiger partial charge on any atom is -0.482 e. The van der Waals surface area contributed by atoms with Crippen molar-refractivity contribution in [1.82, 2.24) is 4.98 Å². The van der Waals surface area contributed by atoms with Gasteiger partial charge in [-0.3, -0.25) is 0 Å². The zero-order valence-electron chi connectivity index (χ0n) is 15.7. The van der Waals surface area contributed by atoms with Crippen molar-refractivity contribution < 1.29 is 14.6 Å². The number of rotatable bonds is 7. The van der Waals surface area contributed by atoms with E-state index in [-0.39, 0.29) is 6.61 Å². The summed E-state index contributed by atoms with van der Waals surface area (Å²) in [4.78, 5) is 17.8. The Morgan fingerprint density at radius 3 is 2.89 bits per heavy atom. The van der Waals surface area contributed by atoms with E-state index in [1.54, 1.807) is 23.1 Å². The molecule has 0 bridgehead atoms. The SMILES string of the molecule is Cc1cc(SCc2sc(C3=CCC(C)C=C3)nc2C)ccc1OCC(=O)O. The number of benzene rings is 1. The van der Waals surface area contributed by atoms with Crippen LogP contribution in [0, 0.1) is 19.8 Å². The van der Waals surface area contributed by atoms with Gasteiger partial charge in [0.2, 0.25) is 0 Å². The smallest absolute Gasteiger partial charge is 0.341 e. The molecule has 0 amide bonds. The van der Waals surface area contributed by atoms with Gasteiger partial charge in [0, 0.05) is 21.1 Å². The van der Waals surface area contributed by atoms with Crippen molar-refractivity contribution in [3.05, 3.63) is 57.6 Å². The monoisotopic (exact) mass is 401 g/mol. The zero-order valence-corrected chi connectivity index (χ0v) is 17.3. The first-order valence-electron chi connectivity index (χ1n) is 8.85. The number of ether oxygens (including phenoxy) is 1. The highest BCUT2D eigenvalue weighted by Crippen LogP contribution is 2.34. The van der Waals surface area contributed by atoms with Gasteiger partial charge in [0.05, 0.1) is 5.69 Å².